The first-order valence-corrected chi connectivity index (χ1v) is 3.71. The molecule has 0 N–H and O–H groups in total. The first-order chi connectivity index (χ1) is 4.83. The first kappa shape index (κ1) is 7.27. The molecule has 1 rings (SSSR count). The molecule has 10 heavy (non-hydrogen) atoms. The van der Waals surface area contributed by atoms with Gasteiger partial charge in [-0.15, -0.1) is 0 Å². The molecule has 0 bridgehead atoms. The number of hydrogen-bond acceptors (Lipinski definition) is 2. The van der Waals surface area contributed by atoms with E-state index in [-0.39, 0.29) is 0 Å². The second kappa shape index (κ2) is 3.36. The van der Waals surface area contributed by atoms with Crippen molar-refractivity contribution < 1.29 is 4.79 Å². The van der Waals surface area contributed by atoms with Crippen molar-refractivity contribution >= 4 is 5.78 Å². The minimum Gasteiger partial charge on any atom is -0.300 e. The van der Waals surface area contributed by atoms with Gasteiger partial charge in [-0.25, -0.2) is 0 Å². The van der Waals surface area contributed by atoms with Crippen LogP contribution in [0.4, 0.5) is 0 Å². The molecular formula is C8H11NO. The van der Waals surface area contributed by atoms with E-state index in [2.05, 4.69) is 6.07 Å². The van der Waals surface area contributed by atoms with Crippen LogP contribution < -0.4 is 0 Å². The van der Waals surface area contributed by atoms with Crippen LogP contribution in [0.15, 0.2) is 0 Å². The summed E-state index contributed by atoms with van der Waals surface area (Å²) in [4.78, 5) is 10.8. The molecule has 1 saturated carbocycles. The lowest BCUT2D eigenvalue weighted by Crippen LogP contribution is -2.14. The lowest BCUT2D eigenvalue weighted by molar-refractivity contribution is -0.121. The summed E-state index contributed by atoms with van der Waals surface area (Å²) in [6, 6.07) is 2.11. The Labute approximate surface area is 60.8 Å². The minimum atomic E-state index is 0.339. The summed E-state index contributed by atoms with van der Waals surface area (Å²) in [5.74, 6) is 0.706. The highest BCUT2D eigenvalue weighted by Crippen LogP contribution is 2.23. The minimum absolute atomic E-state index is 0.339. The first-order valence-electron chi connectivity index (χ1n) is 3.71. The van der Waals surface area contributed by atoms with E-state index >= 15 is 0 Å². The molecule has 0 unspecified atom stereocenters. The highest BCUT2D eigenvalue weighted by Gasteiger charge is 2.18. The second-order valence-corrected chi connectivity index (χ2v) is 2.86. The summed E-state index contributed by atoms with van der Waals surface area (Å²) in [5, 5.41) is 8.34. The van der Waals surface area contributed by atoms with Crippen LogP contribution in [0.1, 0.15) is 32.1 Å². The normalized spacial score (nSPS) is 25.9. The van der Waals surface area contributed by atoms with Crippen LogP contribution in [0.25, 0.3) is 0 Å². The second-order valence-electron chi connectivity index (χ2n) is 2.86. The van der Waals surface area contributed by atoms with Crippen molar-refractivity contribution in [3.05, 3.63) is 0 Å². The Kier molecular flexibility index (Phi) is 2.44. The monoisotopic (exact) mass is 137 g/mol. The van der Waals surface area contributed by atoms with Gasteiger partial charge in [-0.1, -0.05) is 0 Å². The molecule has 0 aromatic rings. The largest absolute Gasteiger partial charge is 0.300 e. The molecule has 2 heteroatoms. The van der Waals surface area contributed by atoms with Gasteiger partial charge in [0.2, 0.25) is 0 Å². The maximum atomic E-state index is 10.8. The van der Waals surface area contributed by atoms with Crippen LogP contribution in [0.3, 0.4) is 0 Å². The Morgan fingerprint density at radius 2 is 2.50 bits per heavy atom. The van der Waals surface area contributed by atoms with E-state index in [0.717, 1.165) is 19.3 Å². The Bertz CT molecular complexity index is 169. The number of hydrogen-bond donors (Lipinski definition) is 0. The standard InChI is InChI=1S/C8H11NO/c9-5-4-7-2-1-3-8(10)6-7/h7H,1-4,6H2/t7-/m0/s1. The maximum absolute atomic E-state index is 10.8. The van der Waals surface area contributed by atoms with Crippen molar-refractivity contribution in [3.63, 3.8) is 0 Å². The Balaban J connectivity index is 2.34. The quantitative estimate of drug-likeness (QED) is 0.551. The summed E-state index contributed by atoms with van der Waals surface area (Å²) in [6.45, 7) is 0. The summed E-state index contributed by atoms with van der Waals surface area (Å²) in [7, 11) is 0. The van der Waals surface area contributed by atoms with E-state index in [0.29, 0.717) is 24.5 Å². The van der Waals surface area contributed by atoms with E-state index < -0.39 is 0 Å². The average Bonchev–Trinajstić information content (AvgIpc) is 1.88. The molecule has 1 aliphatic carbocycles. The number of rotatable bonds is 1. The van der Waals surface area contributed by atoms with Gasteiger partial charge in [0, 0.05) is 19.3 Å². The van der Waals surface area contributed by atoms with Crippen molar-refractivity contribution in [2.24, 2.45) is 5.92 Å². The lowest BCUT2D eigenvalue weighted by Gasteiger charge is -2.16. The SMILES string of the molecule is N#CC[C@@H]1CCCC(=O)C1. The fraction of sp³-hybridized carbons (Fsp3) is 0.750. The molecule has 54 valence electrons. The van der Waals surface area contributed by atoms with Crippen molar-refractivity contribution in [1.82, 2.24) is 0 Å². The summed E-state index contributed by atoms with van der Waals surface area (Å²) in [5.41, 5.74) is 0. The van der Waals surface area contributed by atoms with E-state index in [1.54, 1.807) is 0 Å². The number of carbonyl (C=O) groups excluding carboxylic acids is 1. The fourth-order valence-electron chi connectivity index (χ4n) is 1.42. The van der Waals surface area contributed by atoms with Gasteiger partial charge in [-0.2, -0.15) is 5.26 Å². The van der Waals surface area contributed by atoms with Crippen LogP contribution >= 0.6 is 0 Å². The molecule has 0 radical (unpaired) electrons. The lowest BCUT2D eigenvalue weighted by atomic mass is 9.87. The zero-order valence-electron chi connectivity index (χ0n) is 5.97. The third-order valence-corrected chi connectivity index (χ3v) is 1.96. The average molecular weight is 137 g/mol. The van der Waals surface area contributed by atoms with Crippen LogP contribution in [-0.4, -0.2) is 5.78 Å². The molecule has 2 nitrogen and oxygen atoms in total. The van der Waals surface area contributed by atoms with Crippen molar-refractivity contribution in [2.75, 3.05) is 0 Å². The van der Waals surface area contributed by atoms with Gasteiger partial charge in [-0.05, 0) is 18.8 Å². The molecule has 0 amide bonds. The van der Waals surface area contributed by atoms with Crippen LogP contribution in [0.2, 0.25) is 0 Å². The zero-order valence-corrected chi connectivity index (χ0v) is 5.97. The molecule has 0 aliphatic heterocycles. The molecule has 0 spiro atoms. The number of carbonyl (C=O) groups is 1. The zero-order chi connectivity index (χ0) is 7.40. The Hall–Kier alpha value is -0.840. The summed E-state index contributed by atoms with van der Waals surface area (Å²) < 4.78 is 0. The summed E-state index contributed by atoms with van der Waals surface area (Å²) >= 11 is 0. The topological polar surface area (TPSA) is 40.9 Å². The van der Waals surface area contributed by atoms with Gasteiger partial charge < -0.3 is 0 Å². The van der Waals surface area contributed by atoms with Gasteiger partial charge >= 0.3 is 0 Å². The van der Waals surface area contributed by atoms with Gasteiger partial charge in [0.05, 0.1) is 6.07 Å². The van der Waals surface area contributed by atoms with Gasteiger partial charge in [0.25, 0.3) is 0 Å². The molecule has 1 aliphatic rings. The number of nitriles is 1. The third-order valence-electron chi connectivity index (χ3n) is 1.96. The van der Waals surface area contributed by atoms with Crippen LogP contribution in [0, 0.1) is 17.2 Å². The van der Waals surface area contributed by atoms with E-state index in [1.165, 1.54) is 0 Å². The van der Waals surface area contributed by atoms with Gasteiger partial charge in [0.1, 0.15) is 5.78 Å². The van der Waals surface area contributed by atoms with E-state index in [1.807, 2.05) is 0 Å². The fourth-order valence-corrected chi connectivity index (χ4v) is 1.42. The Morgan fingerprint density at radius 1 is 1.70 bits per heavy atom. The molecule has 0 heterocycles. The van der Waals surface area contributed by atoms with Crippen LogP contribution in [0.5, 0.6) is 0 Å². The molecule has 1 fully saturated rings. The van der Waals surface area contributed by atoms with Crippen LogP contribution in [-0.2, 0) is 4.79 Å². The van der Waals surface area contributed by atoms with Crippen molar-refractivity contribution in [3.8, 4) is 6.07 Å². The predicted molar refractivity (Wildman–Crippen MR) is 37.2 cm³/mol. The van der Waals surface area contributed by atoms with E-state index in [9.17, 15) is 4.79 Å². The van der Waals surface area contributed by atoms with E-state index in [4.69, 9.17) is 5.26 Å². The summed E-state index contributed by atoms with van der Waals surface area (Å²) in [6.07, 6.45) is 4.01. The molecule has 1 atom stereocenters. The van der Waals surface area contributed by atoms with Crippen molar-refractivity contribution in [2.45, 2.75) is 32.1 Å². The maximum Gasteiger partial charge on any atom is 0.133 e. The van der Waals surface area contributed by atoms with Crippen molar-refractivity contribution in [1.29, 1.82) is 5.26 Å². The predicted octanol–water partition coefficient (Wildman–Crippen LogP) is 1.66. The van der Waals surface area contributed by atoms with Gasteiger partial charge in [-0.3, -0.25) is 4.79 Å². The molecule has 0 aromatic carbocycles. The van der Waals surface area contributed by atoms with Gasteiger partial charge in [0.15, 0.2) is 0 Å². The highest BCUT2D eigenvalue weighted by atomic mass is 16.1. The number of ketones is 1. The Morgan fingerprint density at radius 3 is 3.10 bits per heavy atom. The number of Topliss-reactive ketones (excluding diaryl/α,β-unsaturated/α-hetero) is 1. The number of nitrogens with zero attached hydrogens (tertiary/aromatic N) is 1. The molecular weight excluding hydrogens is 126 g/mol. The highest BCUT2D eigenvalue weighted by molar-refractivity contribution is 5.79. The molecule has 0 saturated heterocycles. The third kappa shape index (κ3) is 1.84. The smallest absolute Gasteiger partial charge is 0.133 e. The molecule has 0 aromatic heterocycles.